The number of carbonyl (C=O) groups excluding carboxylic acids is 6. The highest BCUT2D eigenvalue weighted by atomic mass is 16.3. The highest BCUT2D eigenvalue weighted by Crippen LogP contribution is 2.51. The third-order valence-electron chi connectivity index (χ3n) is 8.86. The van der Waals surface area contributed by atoms with Crippen molar-refractivity contribution in [3.63, 3.8) is 0 Å². The molecule has 0 spiro atoms. The van der Waals surface area contributed by atoms with Gasteiger partial charge in [-0.05, 0) is 72.4 Å². The first-order chi connectivity index (χ1) is 18.0. The molecule has 1 aromatic rings. The van der Waals surface area contributed by atoms with Crippen molar-refractivity contribution >= 4 is 40.6 Å². The number of hydrogen-bond donors (Lipinski definition) is 4. The average molecular weight is 543 g/mol. The van der Waals surface area contributed by atoms with E-state index >= 15 is 0 Å². The molecular weight excluding hydrogens is 508 g/mol. The number of nitrogens with one attached hydrogen (secondary N) is 1. The number of aromatic hydroxyl groups is 1. The van der Waals surface area contributed by atoms with Crippen LogP contribution in [0.5, 0.6) is 5.75 Å². The molecule has 4 unspecified atom stereocenters. The summed E-state index contributed by atoms with van der Waals surface area (Å²) >= 11 is 0. The molecule has 4 rings (SSSR count). The zero-order chi connectivity index (χ0) is 29.4. The van der Waals surface area contributed by atoms with Crippen LogP contribution in [0.3, 0.4) is 0 Å². The molecule has 6 atom stereocenters. The quantitative estimate of drug-likeness (QED) is 0.269. The highest BCUT2D eigenvalue weighted by Gasteiger charge is 2.69. The smallest absolute Gasteiger partial charge is 0.244 e. The Labute approximate surface area is 225 Å². The number of Topliss-reactive ketones (excluding diaryl/α,β-unsaturated/α-hetero) is 4. The number of carbonyl (C=O) groups is 6. The second kappa shape index (κ2) is 9.32. The third-order valence-corrected chi connectivity index (χ3v) is 8.86. The van der Waals surface area contributed by atoms with Gasteiger partial charge in [-0.2, -0.15) is 0 Å². The van der Waals surface area contributed by atoms with Crippen molar-refractivity contribution in [3.05, 3.63) is 23.3 Å². The number of benzene rings is 1. The number of phenols is 1. The van der Waals surface area contributed by atoms with Gasteiger partial charge in [0.25, 0.3) is 0 Å². The van der Waals surface area contributed by atoms with E-state index in [9.17, 15) is 39.0 Å². The number of likely N-dealkylation sites (N-methyl/N-ethyl adjacent to an activating group) is 2. The van der Waals surface area contributed by atoms with E-state index in [1.54, 1.807) is 38.9 Å². The van der Waals surface area contributed by atoms with Gasteiger partial charge in [0.1, 0.15) is 5.75 Å². The Kier molecular flexibility index (Phi) is 6.82. The van der Waals surface area contributed by atoms with E-state index < -0.39 is 81.6 Å². The molecular formula is C27H34N4O8. The van der Waals surface area contributed by atoms with Crippen LogP contribution in [0.25, 0.3) is 0 Å². The number of phenolic OH excluding ortho intramolecular Hbond substituents is 1. The van der Waals surface area contributed by atoms with Crippen LogP contribution < -0.4 is 11.1 Å². The van der Waals surface area contributed by atoms with Crippen LogP contribution in [0.2, 0.25) is 0 Å². The van der Waals surface area contributed by atoms with Gasteiger partial charge >= 0.3 is 0 Å². The van der Waals surface area contributed by atoms with Gasteiger partial charge in [-0.25, -0.2) is 0 Å². The molecule has 2 amide bonds. The zero-order valence-electron chi connectivity index (χ0n) is 22.8. The van der Waals surface area contributed by atoms with Crippen molar-refractivity contribution < 1.29 is 39.0 Å². The van der Waals surface area contributed by atoms with Crippen LogP contribution in [0.15, 0.2) is 12.1 Å². The first kappa shape index (κ1) is 28.5. The van der Waals surface area contributed by atoms with Gasteiger partial charge in [-0.3, -0.25) is 38.6 Å². The molecule has 2 fully saturated rings. The molecule has 210 valence electrons. The predicted octanol–water partition coefficient (Wildman–Crippen LogP) is -0.854. The lowest BCUT2D eigenvalue weighted by molar-refractivity contribution is -0.181. The molecule has 0 heterocycles. The summed E-state index contributed by atoms with van der Waals surface area (Å²) in [6, 6.07) is 1.90. The summed E-state index contributed by atoms with van der Waals surface area (Å²) in [5, 5.41) is 25.3. The molecule has 39 heavy (non-hydrogen) atoms. The lowest BCUT2D eigenvalue weighted by Gasteiger charge is -2.52. The monoisotopic (exact) mass is 542 g/mol. The molecule has 12 heteroatoms. The second-order valence-corrected chi connectivity index (χ2v) is 11.7. The topological polar surface area (TPSA) is 187 Å². The number of ketones is 4. The Morgan fingerprint density at radius 1 is 1.08 bits per heavy atom. The minimum absolute atomic E-state index is 0.0267. The first-order valence-corrected chi connectivity index (χ1v) is 12.7. The molecule has 3 aliphatic carbocycles. The fraction of sp³-hybridized carbons (Fsp3) is 0.556. The van der Waals surface area contributed by atoms with E-state index in [1.807, 2.05) is 0 Å². The molecule has 0 saturated heterocycles. The van der Waals surface area contributed by atoms with E-state index in [0.717, 1.165) is 0 Å². The van der Waals surface area contributed by atoms with E-state index in [-0.39, 0.29) is 24.1 Å². The predicted molar refractivity (Wildman–Crippen MR) is 138 cm³/mol. The number of nitrogens with zero attached hydrogens (tertiary/aromatic N) is 2. The van der Waals surface area contributed by atoms with Gasteiger partial charge in [-0.1, -0.05) is 6.07 Å². The number of primary amides is 1. The van der Waals surface area contributed by atoms with Crippen LogP contribution in [-0.4, -0.2) is 100 Å². The number of fused-ring (bicyclic) bond motifs is 3. The Bertz CT molecular complexity index is 1320. The fourth-order valence-corrected chi connectivity index (χ4v) is 6.16. The van der Waals surface area contributed by atoms with E-state index in [0.29, 0.717) is 5.56 Å². The van der Waals surface area contributed by atoms with Gasteiger partial charge in [-0.15, -0.1) is 0 Å². The number of anilines is 1. The molecule has 0 radical (unpaired) electrons. The number of amides is 2. The summed E-state index contributed by atoms with van der Waals surface area (Å²) in [6.07, 6.45) is 0.122. The first-order valence-electron chi connectivity index (χ1n) is 12.7. The molecule has 0 aromatic heterocycles. The molecule has 12 nitrogen and oxygen atoms in total. The van der Waals surface area contributed by atoms with Gasteiger partial charge < -0.3 is 21.3 Å². The maximum atomic E-state index is 13.8. The number of hydrogen-bond acceptors (Lipinski definition) is 10. The molecule has 1 aromatic carbocycles. The second-order valence-electron chi connectivity index (χ2n) is 11.7. The lowest BCUT2D eigenvalue weighted by Crippen LogP contribution is -2.74. The molecule has 3 aliphatic rings. The van der Waals surface area contributed by atoms with Crippen LogP contribution in [0.4, 0.5) is 5.69 Å². The van der Waals surface area contributed by atoms with E-state index in [1.165, 1.54) is 25.1 Å². The van der Waals surface area contributed by atoms with Crippen LogP contribution in [0.1, 0.15) is 36.2 Å². The van der Waals surface area contributed by atoms with Crippen molar-refractivity contribution in [2.75, 3.05) is 33.5 Å². The highest BCUT2D eigenvalue weighted by molar-refractivity contribution is 6.32. The van der Waals surface area contributed by atoms with Crippen molar-refractivity contribution in [1.82, 2.24) is 9.80 Å². The number of aliphatic hydroxyl groups is 1. The Hall–Kier alpha value is -3.48. The minimum atomic E-state index is -2.78. The molecule has 0 bridgehead atoms. The number of rotatable bonds is 5. The maximum absolute atomic E-state index is 13.8. The van der Waals surface area contributed by atoms with Crippen molar-refractivity contribution in [3.8, 4) is 5.75 Å². The lowest BCUT2D eigenvalue weighted by atomic mass is 9.52. The van der Waals surface area contributed by atoms with Crippen LogP contribution in [0, 0.1) is 23.7 Å². The van der Waals surface area contributed by atoms with Crippen molar-refractivity contribution in [2.24, 2.45) is 29.4 Å². The summed E-state index contributed by atoms with van der Waals surface area (Å²) in [5.74, 6) is -11.7. The van der Waals surface area contributed by atoms with Gasteiger partial charge in [0.05, 0.1) is 28.7 Å². The van der Waals surface area contributed by atoms with E-state index in [4.69, 9.17) is 5.73 Å². The summed E-state index contributed by atoms with van der Waals surface area (Å²) in [5.41, 5.74) is 1.82. The largest absolute Gasteiger partial charge is 0.505 e. The number of nitrogens with two attached hydrogens (primary N) is 1. The summed E-state index contributed by atoms with van der Waals surface area (Å²) in [6.45, 7) is 3.36. The van der Waals surface area contributed by atoms with Crippen LogP contribution in [-0.2, 0) is 30.4 Å². The van der Waals surface area contributed by atoms with Gasteiger partial charge in [0.2, 0.25) is 11.8 Å². The zero-order valence-corrected chi connectivity index (χ0v) is 22.8. The maximum Gasteiger partial charge on any atom is 0.244 e. The summed E-state index contributed by atoms with van der Waals surface area (Å²) in [7, 11) is 6.49. The Morgan fingerprint density at radius 3 is 2.23 bits per heavy atom. The van der Waals surface area contributed by atoms with E-state index in [2.05, 4.69) is 5.32 Å². The van der Waals surface area contributed by atoms with Gasteiger partial charge in [0, 0.05) is 5.92 Å². The normalized spacial score (nSPS) is 30.6. The third kappa shape index (κ3) is 4.00. The molecule has 2 saturated carbocycles. The van der Waals surface area contributed by atoms with Gasteiger partial charge in [0.15, 0.2) is 34.7 Å². The molecule has 0 aliphatic heterocycles. The summed E-state index contributed by atoms with van der Waals surface area (Å²) in [4.78, 5) is 82.0. The minimum Gasteiger partial charge on any atom is -0.505 e. The summed E-state index contributed by atoms with van der Waals surface area (Å²) < 4.78 is 0. The SMILES string of the molecule is CN(C)[C@@H]1C(=O)C(C(N)=O)C(=O)[C@@]2(O)C(=O)C3C(=O)c4c(ccc(NC(=O)C(C)(C)N(C)C)c4O)CC3CC12. The average Bonchev–Trinajstić information content (AvgIpc) is 2.82. The molecule has 5 N–H and O–H groups in total. The Morgan fingerprint density at radius 2 is 1.69 bits per heavy atom. The van der Waals surface area contributed by atoms with Crippen molar-refractivity contribution in [2.45, 2.75) is 43.9 Å². The Balaban J connectivity index is 1.77. The van der Waals surface area contributed by atoms with Crippen LogP contribution >= 0.6 is 0 Å². The van der Waals surface area contributed by atoms with Crippen molar-refractivity contribution in [1.29, 1.82) is 0 Å². The standard InChI is InChI=1S/C27H34N4O8/c1-26(2,31(5)6)25(38)29-14-8-7-11-9-12-10-13-18(30(3)4)21(34)17(24(28)37)23(36)27(13,39)22(35)16(12)20(33)15(11)19(14)32/h7-8,12-13,16-18,32,39H,9-10H2,1-6H3,(H2,28,37)(H,29,38)/t12?,13?,16?,17?,18-,27-/m0/s1. The fourth-order valence-electron chi connectivity index (χ4n) is 6.16.